The van der Waals surface area contributed by atoms with E-state index < -0.39 is 28.2 Å². The van der Waals surface area contributed by atoms with Crippen molar-refractivity contribution in [2.24, 2.45) is 7.05 Å². The molecule has 1 saturated heterocycles. The van der Waals surface area contributed by atoms with Gasteiger partial charge in [-0.1, -0.05) is 11.6 Å². The van der Waals surface area contributed by atoms with Crippen molar-refractivity contribution in [3.8, 4) is 0 Å². The second-order valence-corrected chi connectivity index (χ2v) is 11.0. The number of fused-ring (bicyclic) bond motifs is 1. The first-order valence-corrected chi connectivity index (χ1v) is 13.7. The zero-order valence-corrected chi connectivity index (χ0v) is 23.5. The fourth-order valence-electron chi connectivity index (χ4n) is 3.98. The van der Waals surface area contributed by atoms with Crippen LogP contribution >= 0.6 is 11.6 Å². The number of ether oxygens (including phenoxy) is 1. The van der Waals surface area contributed by atoms with Crippen LogP contribution in [-0.2, 0) is 26.8 Å². The molecule has 0 amide bonds. The number of nitrogens with zero attached hydrogens (tertiary/aromatic N) is 3. The number of hydrogen-bond donors (Lipinski definition) is 3. The number of nitrogens with one attached hydrogen (secondary N) is 2. The largest absolute Gasteiger partial charge is 0.490 e. The smallest absolute Gasteiger partial charge is 0.475 e. The van der Waals surface area contributed by atoms with Crippen LogP contribution in [0.15, 0.2) is 35.4 Å². The second-order valence-electron chi connectivity index (χ2n) is 8.95. The van der Waals surface area contributed by atoms with Gasteiger partial charge in [0.05, 0.1) is 39.7 Å². The van der Waals surface area contributed by atoms with E-state index in [2.05, 4.69) is 15.0 Å². The Morgan fingerprint density at radius 2 is 1.76 bits per heavy atom. The number of aliphatic carboxylic acids is 1. The van der Waals surface area contributed by atoms with Crippen LogP contribution in [0.1, 0.15) is 18.4 Å². The molecule has 1 aliphatic rings. The van der Waals surface area contributed by atoms with Gasteiger partial charge in [-0.25, -0.2) is 14.2 Å². The monoisotopic (exact) mass is 623 g/mol. The highest BCUT2D eigenvalue weighted by molar-refractivity contribution is 7.90. The summed E-state index contributed by atoms with van der Waals surface area (Å²) in [6.07, 6.45) is -2.47. The molecule has 41 heavy (non-hydrogen) atoms. The number of aromatic nitrogens is 2. The topological polar surface area (TPSA) is 143 Å². The quantitative estimate of drug-likeness (QED) is 0.347. The van der Waals surface area contributed by atoms with Crippen LogP contribution in [0.25, 0.3) is 10.9 Å². The molecular formula is C24H26ClF4N5O6S. The van der Waals surface area contributed by atoms with Crippen LogP contribution in [-0.4, -0.2) is 65.8 Å². The van der Waals surface area contributed by atoms with Gasteiger partial charge in [-0.3, -0.25) is 9.52 Å². The number of hydrogen-bond acceptors (Lipinski definition) is 7. The summed E-state index contributed by atoms with van der Waals surface area (Å²) in [5.41, 5.74) is 1.21. The molecule has 3 N–H and O–H groups in total. The fraction of sp³-hybridized carbons (Fsp3) is 0.375. The van der Waals surface area contributed by atoms with Crippen LogP contribution < -0.4 is 15.6 Å². The highest BCUT2D eigenvalue weighted by Crippen LogP contribution is 2.37. The van der Waals surface area contributed by atoms with Crippen LogP contribution in [0.5, 0.6) is 0 Å². The van der Waals surface area contributed by atoms with Gasteiger partial charge in [-0.05, 0) is 49.6 Å². The van der Waals surface area contributed by atoms with E-state index in [9.17, 15) is 30.8 Å². The molecule has 2 heterocycles. The zero-order valence-electron chi connectivity index (χ0n) is 21.9. The maximum Gasteiger partial charge on any atom is 0.490 e. The van der Waals surface area contributed by atoms with Crippen LogP contribution in [0, 0.1) is 12.7 Å². The van der Waals surface area contributed by atoms with Crippen LogP contribution in [0.4, 0.5) is 34.6 Å². The van der Waals surface area contributed by atoms with Crippen molar-refractivity contribution >= 4 is 55.7 Å². The Kier molecular flexibility index (Phi) is 9.84. The minimum Gasteiger partial charge on any atom is -0.475 e. The van der Waals surface area contributed by atoms with Gasteiger partial charge < -0.3 is 19.7 Å². The number of methoxy groups -OCH3 is 1. The van der Waals surface area contributed by atoms with Gasteiger partial charge in [0.1, 0.15) is 5.82 Å². The Hall–Kier alpha value is -3.47. The summed E-state index contributed by atoms with van der Waals surface area (Å²) in [5, 5.41) is 10.3. The first kappa shape index (κ1) is 32.0. The van der Waals surface area contributed by atoms with E-state index in [1.54, 1.807) is 33.2 Å². The van der Waals surface area contributed by atoms with Crippen molar-refractivity contribution in [2.45, 2.75) is 32.0 Å². The minimum absolute atomic E-state index is 0.0221. The predicted molar refractivity (Wildman–Crippen MR) is 144 cm³/mol. The molecule has 0 saturated carbocycles. The first-order valence-electron chi connectivity index (χ1n) is 11.9. The third kappa shape index (κ3) is 7.44. The van der Waals surface area contributed by atoms with E-state index in [4.69, 9.17) is 26.2 Å². The Morgan fingerprint density at radius 1 is 1.17 bits per heavy atom. The van der Waals surface area contributed by atoms with Crippen molar-refractivity contribution < 1.29 is 40.6 Å². The molecule has 3 aromatic rings. The number of carboxylic acid groups (broad SMARTS) is 1. The maximum absolute atomic E-state index is 14.7. The molecule has 224 valence electrons. The molecule has 2 aromatic carbocycles. The number of carboxylic acids is 1. The summed E-state index contributed by atoms with van der Waals surface area (Å²) in [5.74, 6) is -3.43. The third-order valence-electron chi connectivity index (χ3n) is 6.25. The lowest BCUT2D eigenvalue weighted by atomic mass is 10.1. The number of piperidine rings is 1. The number of rotatable bonds is 6. The number of aryl methyl sites for hydroxylation is 2. The molecule has 4 rings (SSSR count). The average Bonchev–Trinajstić information content (AvgIpc) is 2.91. The molecule has 0 spiro atoms. The number of carbonyl (C=O) groups is 1. The van der Waals surface area contributed by atoms with Gasteiger partial charge >= 0.3 is 22.4 Å². The summed E-state index contributed by atoms with van der Waals surface area (Å²) < 4.78 is 82.7. The molecule has 1 aliphatic heterocycles. The van der Waals surface area contributed by atoms with Crippen molar-refractivity contribution in [1.82, 2.24) is 13.9 Å². The zero-order chi connectivity index (χ0) is 30.7. The molecular weight excluding hydrogens is 598 g/mol. The standard InChI is InChI=1S/C22H25ClFN5O4S.C2HF3O2/c1-13-16(6-7-17-19(13)22(30)28(2)12-25-17)26-21-15(24)4-5-18(20(21)23)27-34(31,32)29-10-8-14(33-3)9-11-29;3-2(4,5)1(6)7/h4-7,12,14,26-27H,8-11H2,1-3H3;(H,6,7). The highest BCUT2D eigenvalue weighted by Gasteiger charge is 2.38. The summed E-state index contributed by atoms with van der Waals surface area (Å²) in [7, 11) is -0.701. The second kappa shape index (κ2) is 12.6. The van der Waals surface area contributed by atoms with Crippen molar-refractivity contribution in [2.75, 3.05) is 30.2 Å². The molecule has 0 aliphatic carbocycles. The van der Waals surface area contributed by atoms with Gasteiger partial charge in [0.15, 0.2) is 0 Å². The fourth-order valence-corrected chi connectivity index (χ4v) is 5.55. The van der Waals surface area contributed by atoms with Crippen molar-refractivity contribution in [3.63, 3.8) is 0 Å². The molecule has 0 atom stereocenters. The lowest BCUT2D eigenvalue weighted by molar-refractivity contribution is -0.192. The molecule has 0 radical (unpaired) electrons. The molecule has 17 heteroatoms. The SMILES string of the molecule is COC1CCN(S(=O)(=O)Nc2ccc(F)c(Nc3ccc4ncn(C)c(=O)c4c3C)c2Cl)CC1.O=C(O)C(F)(F)F. The molecule has 1 fully saturated rings. The van der Waals surface area contributed by atoms with Gasteiger partial charge in [0.25, 0.3) is 5.56 Å². The summed E-state index contributed by atoms with van der Waals surface area (Å²) in [4.78, 5) is 25.7. The molecule has 0 unspecified atom stereocenters. The summed E-state index contributed by atoms with van der Waals surface area (Å²) in [6.45, 7) is 2.32. The summed E-state index contributed by atoms with van der Waals surface area (Å²) in [6, 6.07) is 5.71. The normalized spacial score (nSPS) is 14.8. The van der Waals surface area contributed by atoms with Gasteiger partial charge in [0.2, 0.25) is 0 Å². The Bertz CT molecular complexity index is 1610. The first-order chi connectivity index (χ1) is 19.1. The number of benzene rings is 2. The molecule has 0 bridgehead atoms. The van der Waals surface area contributed by atoms with Crippen molar-refractivity contribution in [1.29, 1.82) is 0 Å². The number of anilines is 3. The van der Waals surface area contributed by atoms with Crippen LogP contribution in [0.3, 0.4) is 0 Å². The van der Waals surface area contributed by atoms with E-state index >= 15 is 0 Å². The average molecular weight is 624 g/mol. The maximum atomic E-state index is 14.7. The van der Waals surface area contributed by atoms with Gasteiger partial charge in [-0.2, -0.15) is 25.9 Å². The van der Waals surface area contributed by atoms with E-state index in [1.165, 1.54) is 21.3 Å². The lowest BCUT2D eigenvalue weighted by Gasteiger charge is -2.30. The van der Waals surface area contributed by atoms with Gasteiger partial charge in [-0.15, -0.1) is 0 Å². The van der Waals surface area contributed by atoms with E-state index in [1.807, 2.05) is 0 Å². The third-order valence-corrected chi connectivity index (χ3v) is 8.17. The predicted octanol–water partition coefficient (Wildman–Crippen LogP) is 4.18. The minimum atomic E-state index is -5.08. The number of alkyl halides is 3. The lowest BCUT2D eigenvalue weighted by Crippen LogP contribution is -2.43. The van der Waals surface area contributed by atoms with E-state index in [0.29, 0.717) is 48.1 Å². The Balaban J connectivity index is 0.000000587. The number of halogens is 5. The van der Waals surface area contributed by atoms with E-state index in [0.717, 1.165) is 6.07 Å². The molecule has 11 nitrogen and oxygen atoms in total. The van der Waals surface area contributed by atoms with Gasteiger partial charge in [0, 0.05) is 32.9 Å². The Labute approximate surface area is 236 Å². The van der Waals surface area contributed by atoms with E-state index in [-0.39, 0.29) is 28.1 Å². The van der Waals surface area contributed by atoms with Crippen LogP contribution in [0.2, 0.25) is 5.02 Å². The molecule has 1 aromatic heterocycles. The Morgan fingerprint density at radius 3 is 2.32 bits per heavy atom. The highest BCUT2D eigenvalue weighted by atomic mass is 35.5. The van der Waals surface area contributed by atoms with Crippen molar-refractivity contribution in [3.05, 3.63) is 57.3 Å². The summed E-state index contributed by atoms with van der Waals surface area (Å²) >= 11 is 6.44.